The molecule has 1 saturated heterocycles. The summed E-state index contributed by atoms with van der Waals surface area (Å²) in [4.78, 5) is 23.8. The topological polar surface area (TPSA) is 90.9 Å². The lowest BCUT2D eigenvalue weighted by Gasteiger charge is -2.38. The second-order valence-corrected chi connectivity index (χ2v) is 7.82. The predicted octanol–water partition coefficient (Wildman–Crippen LogP) is 3.10. The lowest BCUT2D eigenvalue weighted by Crippen LogP contribution is -2.52. The number of amides is 2. The highest BCUT2D eigenvalue weighted by Crippen LogP contribution is 2.35. The molecular formula is C23H25F4N3O4. The Labute approximate surface area is 193 Å². The Balaban J connectivity index is 0.000000406. The average molecular weight is 483 g/mol. The maximum atomic E-state index is 13.4. The SMILES string of the molecule is O=C(NC1CNCCOC1)N1CCc2ccccc2[C@@H]1c1ccc(F)cc1.O=C(O)C(F)(F)F. The molecule has 0 radical (unpaired) electrons. The van der Waals surface area contributed by atoms with Crippen molar-refractivity contribution in [2.75, 3.05) is 32.8 Å². The molecule has 0 bridgehead atoms. The van der Waals surface area contributed by atoms with E-state index < -0.39 is 12.1 Å². The Morgan fingerprint density at radius 3 is 2.47 bits per heavy atom. The monoisotopic (exact) mass is 483 g/mol. The van der Waals surface area contributed by atoms with E-state index in [4.69, 9.17) is 14.6 Å². The molecule has 3 N–H and O–H groups in total. The Kier molecular flexibility index (Phi) is 8.46. The van der Waals surface area contributed by atoms with E-state index in [0.717, 1.165) is 24.1 Å². The molecule has 184 valence electrons. The fourth-order valence-corrected chi connectivity index (χ4v) is 3.85. The van der Waals surface area contributed by atoms with Gasteiger partial charge in [-0.3, -0.25) is 0 Å². The zero-order valence-electron chi connectivity index (χ0n) is 18.1. The summed E-state index contributed by atoms with van der Waals surface area (Å²) in [7, 11) is 0. The zero-order chi connectivity index (χ0) is 24.7. The number of alkyl halides is 3. The van der Waals surface area contributed by atoms with Crippen LogP contribution < -0.4 is 10.6 Å². The first kappa shape index (κ1) is 25.4. The van der Waals surface area contributed by atoms with Crippen molar-refractivity contribution >= 4 is 12.0 Å². The molecule has 2 aliphatic rings. The molecule has 2 heterocycles. The standard InChI is InChI=1S/C21H24FN3O2.C2HF3O2/c22-17-7-5-16(6-8-17)20-19-4-2-1-3-15(19)9-11-25(20)21(26)24-18-13-23-10-12-27-14-18;3-2(4,5)1(6)7/h1-8,18,20,23H,9-14H2,(H,24,26);(H,6,7)/t18?,20-;/m0./s1. The van der Waals surface area contributed by atoms with Crippen molar-refractivity contribution in [2.45, 2.75) is 24.7 Å². The molecule has 2 aromatic rings. The van der Waals surface area contributed by atoms with Gasteiger partial charge in [-0.2, -0.15) is 13.2 Å². The van der Waals surface area contributed by atoms with Crippen molar-refractivity contribution in [3.63, 3.8) is 0 Å². The number of benzene rings is 2. The number of nitrogens with one attached hydrogen (secondary N) is 2. The highest BCUT2D eigenvalue weighted by atomic mass is 19.4. The summed E-state index contributed by atoms with van der Waals surface area (Å²) in [5, 5.41) is 13.5. The number of urea groups is 1. The molecule has 11 heteroatoms. The van der Waals surface area contributed by atoms with Crippen molar-refractivity contribution in [3.05, 3.63) is 71.0 Å². The lowest BCUT2D eigenvalue weighted by molar-refractivity contribution is -0.192. The number of carbonyl (C=O) groups is 2. The molecule has 7 nitrogen and oxygen atoms in total. The maximum absolute atomic E-state index is 13.4. The first-order chi connectivity index (χ1) is 16.2. The molecule has 2 aliphatic heterocycles. The molecule has 2 amide bonds. The van der Waals surface area contributed by atoms with Crippen LogP contribution in [0.4, 0.5) is 22.4 Å². The quantitative estimate of drug-likeness (QED) is 0.572. The van der Waals surface area contributed by atoms with Gasteiger partial charge in [0.15, 0.2) is 0 Å². The summed E-state index contributed by atoms with van der Waals surface area (Å²) in [6.07, 6.45) is -4.28. The number of nitrogens with zero attached hydrogens (tertiary/aromatic N) is 1. The Morgan fingerprint density at radius 2 is 1.79 bits per heavy atom. The van der Waals surface area contributed by atoms with Crippen LogP contribution in [0.1, 0.15) is 22.7 Å². The third-order valence-electron chi connectivity index (χ3n) is 5.43. The number of hydrogen-bond acceptors (Lipinski definition) is 4. The van der Waals surface area contributed by atoms with E-state index in [1.54, 1.807) is 12.1 Å². The third-order valence-corrected chi connectivity index (χ3v) is 5.43. The average Bonchev–Trinajstić information content (AvgIpc) is 3.07. The van der Waals surface area contributed by atoms with Gasteiger partial charge in [-0.25, -0.2) is 14.0 Å². The summed E-state index contributed by atoms with van der Waals surface area (Å²) < 4.78 is 50.7. The second kappa shape index (κ2) is 11.3. The van der Waals surface area contributed by atoms with Crippen LogP contribution in [0.25, 0.3) is 0 Å². The van der Waals surface area contributed by atoms with Gasteiger partial charge in [0.05, 0.1) is 25.3 Å². The minimum Gasteiger partial charge on any atom is -0.475 e. The molecular weight excluding hydrogens is 458 g/mol. The minimum atomic E-state index is -5.08. The Bertz CT molecular complexity index is 977. The van der Waals surface area contributed by atoms with Crippen molar-refractivity contribution in [1.82, 2.24) is 15.5 Å². The third kappa shape index (κ3) is 6.67. The van der Waals surface area contributed by atoms with Gasteiger partial charge in [0, 0.05) is 19.6 Å². The summed E-state index contributed by atoms with van der Waals surface area (Å²) in [5.41, 5.74) is 3.24. The first-order valence-electron chi connectivity index (χ1n) is 10.7. The van der Waals surface area contributed by atoms with Crippen LogP contribution in [0.15, 0.2) is 48.5 Å². The Morgan fingerprint density at radius 1 is 1.12 bits per heavy atom. The molecule has 1 fully saturated rings. The van der Waals surface area contributed by atoms with Gasteiger partial charge < -0.3 is 25.4 Å². The van der Waals surface area contributed by atoms with E-state index in [2.05, 4.69) is 22.8 Å². The molecule has 0 spiro atoms. The van der Waals surface area contributed by atoms with Gasteiger partial charge in [-0.15, -0.1) is 0 Å². The summed E-state index contributed by atoms with van der Waals surface area (Å²) in [5.74, 6) is -3.03. The number of carboxylic acids is 1. The summed E-state index contributed by atoms with van der Waals surface area (Å²) in [6.45, 7) is 3.26. The van der Waals surface area contributed by atoms with Crippen LogP contribution in [0.2, 0.25) is 0 Å². The first-order valence-corrected chi connectivity index (χ1v) is 10.7. The number of ether oxygens (including phenoxy) is 1. The van der Waals surface area contributed by atoms with E-state index in [1.807, 2.05) is 17.0 Å². The molecule has 34 heavy (non-hydrogen) atoms. The normalized spacial score (nSPS) is 20.3. The van der Waals surface area contributed by atoms with Crippen molar-refractivity contribution in [2.24, 2.45) is 0 Å². The maximum Gasteiger partial charge on any atom is 0.490 e. The van der Waals surface area contributed by atoms with Gasteiger partial charge in [-0.05, 0) is 35.2 Å². The number of carbonyl (C=O) groups excluding carboxylic acids is 1. The number of aliphatic carboxylic acids is 1. The fraction of sp³-hybridized carbons (Fsp3) is 0.391. The van der Waals surface area contributed by atoms with Gasteiger partial charge in [-0.1, -0.05) is 36.4 Å². The molecule has 2 aromatic carbocycles. The molecule has 0 aliphatic carbocycles. The van der Waals surface area contributed by atoms with Crippen molar-refractivity contribution in [3.8, 4) is 0 Å². The van der Waals surface area contributed by atoms with Crippen LogP contribution in [0.3, 0.4) is 0 Å². The van der Waals surface area contributed by atoms with Crippen LogP contribution in [-0.4, -0.2) is 67.1 Å². The van der Waals surface area contributed by atoms with Crippen molar-refractivity contribution < 1.29 is 37.0 Å². The van der Waals surface area contributed by atoms with Crippen LogP contribution in [-0.2, 0) is 16.0 Å². The molecule has 4 rings (SSSR count). The highest BCUT2D eigenvalue weighted by molar-refractivity contribution is 5.76. The summed E-state index contributed by atoms with van der Waals surface area (Å²) in [6, 6.07) is 14.2. The lowest BCUT2D eigenvalue weighted by atomic mass is 9.88. The van der Waals surface area contributed by atoms with Crippen molar-refractivity contribution in [1.29, 1.82) is 0 Å². The van der Waals surface area contributed by atoms with E-state index in [-0.39, 0.29) is 23.9 Å². The molecule has 2 atom stereocenters. The smallest absolute Gasteiger partial charge is 0.475 e. The van der Waals surface area contributed by atoms with E-state index in [9.17, 15) is 22.4 Å². The fourth-order valence-electron chi connectivity index (χ4n) is 3.85. The Hall–Kier alpha value is -3.18. The number of carboxylic acid groups (broad SMARTS) is 1. The molecule has 1 unspecified atom stereocenters. The minimum absolute atomic E-state index is 0.0639. The number of fused-ring (bicyclic) bond motifs is 1. The van der Waals surface area contributed by atoms with Gasteiger partial charge in [0.25, 0.3) is 0 Å². The van der Waals surface area contributed by atoms with Crippen LogP contribution in [0, 0.1) is 5.82 Å². The zero-order valence-corrected chi connectivity index (χ0v) is 18.1. The summed E-state index contributed by atoms with van der Waals surface area (Å²) >= 11 is 0. The number of rotatable bonds is 2. The van der Waals surface area contributed by atoms with Gasteiger partial charge in [0.1, 0.15) is 5.82 Å². The van der Waals surface area contributed by atoms with Crippen LogP contribution >= 0.6 is 0 Å². The predicted molar refractivity (Wildman–Crippen MR) is 115 cm³/mol. The number of halogens is 4. The van der Waals surface area contributed by atoms with E-state index in [1.165, 1.54) is 17.7 Å². The van der Waals surface area contributed by atoms with E-state index in [0.29, 0.717) is 26.3 Å². The highest BCUT2D eigenvalue weighted by Gasteiger charge is 2.38. The largest absolute Gasteiger partial charge is 0.490 e. The molecule has 0 saturated carbocycles. The number of hydrogen-bond donors (Lipinski definition) is 3. The second-order valence-electron chi connectivity index (χ2n) is 7.82. The molecule has 0 aromatic heterocycles. The van der Waals surface area contributed by atoms with Crippen LogP contribution in [0.5, 0.6) is 0 Å². The van der Waals surface area contributed by atoms with E-state index >= 15 is 0 Å². The van der Waals surface area contributed by atoms with Gasteiger partial charge >= 0.3 is 18.2 Å². The van der Waals surface area contributed by atoms with Gasteiger partial charge in [0.2, 0.25) is 0 Å².